The number of nitrogens with one attached hydrogen (secondary N) is 2. The van der Waals surface area contributed by atoms with Gasteiger partial charge < -0.3 is 24.9 Å². The molecule has 2 N–H and O–H groups in total. The highest BCUT2D eigenvalue weighted by molar-refractivity contribution is 5.56. The summed E-state index contributed by atoms with van der Waals surface area (Å²) in [5, 5.41) is 19.6. The van der Waals surface area contributed by atoms with Gasteiger partial charge in [-0.2, -0.15) is 0 Å². The zero-order chi connectivity index (χ0) is 13.2. The van der Waals surface area contributed by atoms with Gasteiger partial charge in [-0.3, -0.25) is 0 Å². The number of nitrogens with zero attached hydrogens (tertiary/aromatic N) is 2. The first-order valence-electron chi connectivity index (χ1n) is 5.54. The fraction of sp³-hybridized carbons (Fsp3) is 0.182. The van der Waals surface area contributed by atoms with Crippen molar-refractivity contribution in [1.82, 2.24) is 10.2 Å². The van der Waals surface area contributed by atoms with E-state index in [1.807, 2.05) is 18.2 Å². The van der Waals surface area contributed by atoms with Gasteiger partial charge in [-0.1, -0.05) is 11.2 Å². The first-order chi connectivity index (χ1) is 9.24. The maximum atomic E-state index is 10.7. The predicted molar refractivity (Wildman–Crippen MR) is 65.1 cm³/mol. The Morgan fingerprint density at radius 2 is 2.26 bits per heavy atom. The van der Waals surface area contributed by atoms with Gasteiger partial charge in [-0.05, 0) is 22.6 Å². The van der Waals surface area contributed by atoms with Crippen molar-refractivity contribution >= 4 is 11.5 Å². The third kappa shape index (κ3) is 2.15. The highest BCUT2D eigenvalue weighted by Crippen LogP contribution is 2.32. The first kappa shape index (κ1) is 11.3. The van der Waals surface area contributed by atoms with E-state index in [0.29, 0.717) is 23.7 Å². The van der Waals surface area contributed by atoms with Gasteiger partial charge in [0.05, 0.1) is 0 Å². The predicted octanol–water partition coefficient (Wildman–Crippen LogP) is 1.66. The Bertz CT molecular complexity index is 625. The second-order valence-electron chi connectivity index (χ2n) is 3.93. The van der Waals surface area contributed by atoms with Gasteiger partial charge in [0.15, 0.2) is 17.2 Å². The van der Waals surface area contributed by atoms with E-state index >= 15 is 0 Å². The molecule has 0 aliphatic carbocycles. The summed E-state index contributed by atoms with van der Waals surface area (Å²) in [6.45, 7) is 0.649. The largest absolute Gasteiger partial charge is 0.454 e. The van der Waals surface area contributed by atoms with E-state index in [1.165, 1.54) is 6.20 Å². The maximum absolute atomic E-state index is 10.7. The Morgan fingerprint density at radius 1 is 1.42 bits per heavy atom. The molecule has 98 valence electrons. The van der Waals surface area contributed by atoms with Gasteiger partial charge in [0.25, 0.3) is 0 Å². The number of fused-ring (bicyclic) bond motifs is 1. The van der Waals surface area contributed by atoms with Crippen LogP contribution in [-0.4, -0.2) is 21.9 Å². The Balaban J connectivity index is 1.72. The monoisotopic (exact) mass is 262 g/mol. The van der Waals surface area contributed by atoms with Crippen LogP contribution >= 0.6 is 0 Å². The topological polar surface area (TPSA) is 102 Å². The van der Waals surface area contributed by atoms with Crippen LogP contribution in [0.5, 0.6) is 11.5 Å². The molecule has 0 bridgehead atoms. The van der Waals surface area contributed by atoms with Crippen LogP contribution in [0.1, 0.15) is 5.56 Å². The number of rotatable bonds is 4. The van der Waals surface area contributed by atoms with Crippen molar-refractivity contribution in [3.8, 4) is 11.5 Å². The average molecular weight is 262 g/mol. The third-order valence-corrected chi connectivity index (χ3v) is 2.72. The number of benzene rings is 1. The molecule has 0 fully saturated rings. The molecule has 1 aromatic heterocycles. The number of aromatic amines is 1. The van der Waals surface area contributed by atoms with E-state index in [2.05, 4.69) is 15.5 Å². The molecular weight excluding hydrogens is 252 g/mol. The van der Waals surface area contributed by atoms with Crippen LogP contribution in [-0.2, 0) is 6.54 Å². The molecule has 0 radical (unpaired) electrons. The van der Waals surface area contributed by atoms with Gasteiger partial charge in [-0.15, -0.1) is 5.10 Å². The molecule has 0 saturated heterocycles. The summed E-state index contributed by atoms with van der Waals surface area (Å²) >= 11 is 0. The highest BCUT2D eigenvalue weighted by atomic mass is 16.7. The lowest BCUT2D eigenvalue weighted by Crippen LogP contribution is -2.01. The van der Waals surface area contributed by atoms with E-state index in [-0.39, 0.29) is 12.6 Å². The summed E-state index contributed by atoms with van der Waals surface area (Å²) < 4.78 is 10.5. The number of nitro groups is 1. The van der Waals surface area contributed by atoms with Crippen LogP contribution in [0.25, 0.3) is 0 Å². The van der Waals surface area contributed by atoms with Gasteiger partial charge >= 0.3 is 5.82 Å². The van der Waals surface area contributed by atoms with Crippen molar-refractivity contribution in [1.29, 1.82) is 0 Å². The van der Waals surface area contributed by atoms with Crippen molar-refractivity contribution in [3.63, 3.8) is 0 Å². The van der Waals surface area contributed by atoms with Crippen LogP contribution in [0.4, 0.5) is 11.5 Å². The second-order valence-corrected chi connectivity index (χ2v) is 3.93. The molecule has 0 saturated carbocycles. The molecule has 0 unspecified atom stereocenters. The normalized spacial score (nSPS) is 12.4. The summed E-state index contributed by atoms with van der Waals surface area (Å²) in [6.07, 6.45) is 1.38. The lowest BCUT2D eigenvalue weighted by Gasteiger charge is -2.05. The van der Waals surface area contributed by atoms with Crippen LogP contribution < -0.4 is 14.8 Å². The fourth-order valence-corrected chi connectivity index (χ4v) is 1.80. The molecule has 0 spiro atoms. The molecule has 0 atom stereocenters. The number of aromatic nitrogens is 2. The van der Waals surface area contributed by atoms with E-state index < -0.39 is 4.92 Å². The van der Waals surface area contributed by atoms with Crippen molar-refractivity contribution in [3.05, 3.63) is 40.1 Å². The van der Waals surface area contributed by atoms with E-state index in [0.717, 1.165) is 5.56 Å². The average Bonchev–Trinajstić information content (AvgIpc) is 3.04. The molecule has 8 nitrogen and oxygen atoms in total. The van der Waals surface area contributed by atoms with Crippen molar-refractivity contribution in [2.45, 2.75) is 6.54 Å². The molecule has 1 aromatic carbocycles. The minimum absolute atomic E-state index is 0.152. The zero-order valence-corrected chi connectivity index (χ0v) is 9.75. The summed E-state index contributed by atoms with van der Waals surface area (Å²) in [6, 6.07) is 5.51. The van der Waals surface area contributed by atoms with E-state index in [4.69, 9.17) is 9.47 Å². The SMILES string of the molecule is O=[N+]([O-])c1[nH]ncc1NCc1ccc2c(c1)OCO2. The Morgan fingerprint density at radius 3 is 3.11 bits per heavy atom. The van der Waals surface area contributed by atoms with Crippen LogP contribution in [0, 0.1) is 10.1 Å². The van der Waals surface area contributed by atoms with Crippen LogP contribution in [0.2, 0.25) is 0 Å². The summed E-state index contributed by atoms with van der Waals surface area (Å²) in [5.41, 5.74) is 1.28. The molecule has 0 amide bonds. The Kier molecular flexibility index (Phi) is 2.67. The number of anilines is 1. The lowest BCUT2D eigenvalue weighted by molar-refractivity contribution is -0.388. The lowest BCUT2D eigenvalue weighted by atomic mass is 10.2. The molecule has 1 aliphatic rings. The first-order valence-corrected chi connectivity index (χ1v) is 5.54. The van der Waals surface area contributed by atoms with Crippen molar-refractivity contribution in [2.75, 3.05) is 12.1 Å². The summed E-state index contributed by atoms with van der Waals surface area (Å²) in [5.74, 6) is 1.24. The number of hydrogen-bond acceptors (Lipinski definition) is 6. The second kappa shape index (κ2) is 4.48. The van der Waals surface area contributed by atoms with Crippen LogP contribution in [0.3, 0.4) is 0 Å². The minimum Gasteiger partial charge on any atom is -0.454 e. The smallest absolute Gasteiger partial charge is 0.366 e. The highest BCUT2D eigenvalue weighted by Gasteiger charge is 2.16. The van der Waals surface area contributed by atoms with Gasteiger partial charge in [-0.25, -0.2) is 0 Å². The fourth-order valence-electron chi connectivity index (χ4n) is 1.80. The molecule has 8 heteroatoms. The number of H-pyrrole nitrogens is 1. The van der Waals surface area contributed by atoms with E-state index in [1.54, 1.807) is 0 Å². The molecule has 19 heavy (non-hydrogen) atoms. The molecular formula is C11H10N4O4. The number of ether oxygens (including phenoxy) is 2. The van der Waals surface area contributed by atoms with Gasteiger partial charge in [0, 0.05) is 6.54 Å². The standard InChI is InChI=1S/C11H10N4O4/c16-15(17)11-8(5-13-14-11)12-4-7-1-2-9-10(3-7)19-6-18-9/h1-3,5,12H,4,6H2,(H,13,14). The Hall–Kier alpha value is -2.77. The van der Waals surface area contributed by atoms with Gasteiger partial charge in [0.2, 0.25) is 6.79 Å². The Labute approximate surface area is 107 Å². The van der Waals surface area contributed by atoms with Crippen LogP contribution in [0.15, 0.2) is 24.4 Å². The summed E-state index contributed by atoms with van der Waals surface area (Å²) in [4.78, 5) is 10.2. The maximum Gasteiger partial charge on any atom is 0.366 e. The molecule has 1 aliphatic heterocycles. The molecule has 2 aromatic rings. The molecule has 3 rings (SSSR count). The summed E-state index contributed by atoms with van der Waals surface area (Å²) in [7, 11) is 0. The minimum atomic E-state index is -0.519. The van der Waals surface area contributed by atoms with E-state index in [9.17, 15) is 10.1 Å². The zero-order valence-electron chi connectivity index (χ0n) is 9.75. The molecule has 2 heterocycles. The quantitative estimate of drug-likeness (QED) is 0.641. The van der Waals surface area contributed by atoms with Gasteiger partial charge in [0.1, 0.15) is 6.20 Å². The third-order valence-electron chi connectivity index (χ3n) is 2.72. The van der Waals surface area contributed by atoms with Crippen molar-refractivity contribution in [2.24, 2.45) is 0 Å². The number of hydrogen-bond donors (Lipinski definition) is 2. The van der Waals surface area contributed by atoms with Crippen molar-refractivity contribution < 1.29 is 14.4 Å².